The molecule has 6 nitrogen and oxygen atoms in total. The maximum Gasteiger partial charge on any atom is 0.246 e. The van der Waals surface area contributed by atoms with Crippen molar-refractivity contribution in [2.75, 3.05) is 39.3 Å². The molecule has 0 radical (unpaired) electrons. The van der Waals surface area contributed by atoms with E-state index < -0.39 is 26.6 Å². The second-order valence-electron chi connectivity index (χ2n) is 7.40. The molecule has 0 bridgehead atoms. The average molecular weight is 416 g/mol. The van der Waals surface area contributed by atoms with Gasteiger partial charge in [0.05, 0.1) is 6.54 Å². The molecule has 0 saturated carbocycles. The summed E-state index contributed by atoms with van der Waals surface area (Å²) in [6, 6.07) is 2.76. The van der Waals surface area contributed by atoms with E-state index in [1.807, 2.05) is 9.80 Å². The first kappa shape index (κ1) is 21.1. The fraction of sp³-hybridized carbons (Fsp3) is 0.632. The lowest BCUT2D eigenvalue weighted by atomic mass is 10.00. The summed E-state index contributed by atoms with van der Waals surface area (Å²) >= 11 is 0. The van der Waals surface area contributed by atoms with Crippen molar-refractivity contribution in [1.29, 1.82) is 0 Å². The first-order valence-electron chi connectivity index (χ1n) is 9.80. The Balaban J connectivity index is 1.59. The Morgan fingerprint density at radius 3 is 2.46 bits per heavy atom. The van der Waals surface area contributed by atoms with E-state index in [4.69, 9.17) is 0 Å². The predicted molar refractivity (Wildman–Crippen MR) is 101 cm³/mol. The molecule has 2 heterocycles. The minimum atomic E-state index is -4.02. The van der Waals surface area contributed by atoms with Crippen LogP contribution >= 0.6 is 0 Å². The third-order valence-electron chi connectivity index (χ3n) is 5.62. The van der Waals surface area contributed by atoms with E-state index >= 15 is 0 Å². The Labute approximate surface area is 165 Å². The SMILES string of the molecule is CC[C@@H]1CCCCN1C(=O)CN1CCN(S(=O)(=O)c2ccc(F)cc2F)CC1. The summed E-state index contributed by atoms with van der Waals surface area (Å²) in [4.78, 5) is 16.1. The first-order chi connectivity index (χ1) is 13.3. The number of halogens is 2. The lowest BCUT2D eigenvalue weighted by molar-refractivity contribution is -0.136. The summed E-state index contributed by atoms with van der Waals surface area (Å²) in [5.74, 6) is -1.82. The highest BCUT2D eigenvalue weighted by atomic mass is 32.2. The number of hydrogen-bond donors (Lipinski definition) is 0. The number of amides is 1. The van der Waals surface area contributed by atoms with Gasteiger partial charge in [-0.15, -0.1) is 0 Å². The number of benzene rings is 1. The van der Waals surface area contributed by atoms with Crippen LogP contribution in [0.25, 0.3) is 0 Å². The Kier molecular flexibility index (Phi) is 6.67. The molecule has 156 valence electrons. The fourth-order valence-electron chi connectivity index (χ4n) is 3.99. The van der Waals surface area contributed by atoms with E-state index in [-0.39, 0.29) is 25.5 Å². The molecule has 0 spiro atoms. The summed E-state index contributed by atoms with van der Waals surface area (Å²) in [7, 11) is -4.02. The van der Waals surface area contributed by atoms with Crippen molar-refractivity contribution in [1.82, 2.24) is 14.1 Å². The molecule has 2 saturated heterocycles. The minimum Gasteiger partial charge on any atom is -0.339 e. The van der Waals surface area contributed by atoms with Gasteiger partial charge in [-0.25, -0.2) is 17.2 Å². The van der Waals surface area contributed by atoms with Crippen molar-refractivity contribution < 1.29 is 22.0 Å². The molecule has 9 heteroatoms. The minimum absolute atomic E-state index is 0.0902. The molecular formula is C19H27F2N3O3S. The number of rotatable bonds is 5. The first-order valence-corrected chi connectivity index (χ1v) is 11.2. The number of carbonyl (C=O) groups is 1. The maximum atomic E-state index is 13.9. The van der Waals surface area contributed by atoms with Crippen LogP contribution in [-0.4, -0.2) is 73.7 Å². The molecule has 1 aromatic rings. The molecule has 1 aromatic carbocycles. The molecule has 0 aliphatic carbocycles. The summed E-state index contributed by atoms with van der Waals surface area (Å²) in [5.41, 5.74) is 0. The highest BCUT2D eigenvalue weighted by molar-refractivity contribution is 7.89. The van der Waals surface area contributed by atoms with Gasteiger partial charge in [-0.1, -0.05) is 6.92 Å². The predicted octanol–water partition coefficient (Wildman–Crippen LogP) is 2.06. The van der Waals surface area contributed by atoms with Crippen LogP contribution in [-0.2, 0) is 14.8 Å². The van der Waals surface area contributed by atoms with E-state index in [2.05, 4.69) is 6.92 Å². The van der Waals surface area contributed by atoms with Crippen molar-refractivity contribution >= 4 is 15.9 Å². The third-order valence-corrected chi connectivity index (χ3v) is 7.55. The monoisotopic (exact) mass is 415 g/mol. The standard InChI is InChI=1S/C19H27F2N3O3S/c1-2-16-5-3-4-8-24(16)19(25)14-22-9-11-23(12-10-22)28(26,27)18-7-6-15(20)13-17(18)21/h6-7,13,16H,2-5,8-12,14H2,1H3/t16-/m1/s1. The molecule has 1 atom stereocenters. The van der Waals surface area contributed by atoms with Crippen LogP contribution < -0.4 is 0 Å². The number of piperazine rings is 1. The second-order valence-corrected chi connectivity index (χ2v) is 9.31. The zero-order chi connectivity index (χ0) is 20.3. The van der Waals surface area contributed by atoms with Gasteiger partial charge >= 0.3 is 0 Å². The number of likely N-dealkylation sites (tertiary alicyclic amines) is 1. The highest BCUT2D eigenvalue weighted by Crippen LogP contribution is 2.22. The van der Waals surface area contributed by atoms with Crippen LogP contribution in [0, 0.1) is 11.6 Å². The lowest BCUT2D eigenvalue weighted by Gasteiger charge is -2.38. The van der Waals surface area contributed by atoms with E-state index in [1.165, 1.54) is 4.31 Å². The summed E-state index contributed by atoms with van der Waals surface area (Å²) in [6.45, 7) is 4.30. The molecule has 0 N–H and O–H groups in total. The van der Waals surface area contributed by atoms with Gasteiger partial charge in [0, 0.05) is 44.8 Å². The Morgan fingerprint density at radius 2 is 1.82 bits per heavy atom. The van der Waals surface area contributed by atoms with Gasteiger partial charge in [0.15, 0.2) is 0 Å². The van der Waals surface area contributed by atoms with Crippen LogP contribution in [0.2, 0.25) is 0 Å². The summed E-state index contributed by atoms with van der Waals surface area (Å²) in [6.07, 6.45) is 4.16. The van der Waals surface area contributed by atoms with Crippen LogP contribution in [0.4, 0.5) is 8.78 Å². The van der Waals surface area contributed by atoms with E-state index in [0.717, 1.165) is 44.4 Å². The van der Waals surface area contributed by atoms with E-state index in [0.29, 0.717) is 25.2 Å². The van der Waals surface area contributed by atoms with Crippen molar-refractivity contribution in [3.05, 3.63) is 29.8 Å². The number of nitrogens with zero attached hydrogens (tertiary/aromatic N) is 3. The Morgan fingerprint density at radius 1 is 1.11 bits per heavy atom. The summed E-state index contributed by atoms with van der Waals surface area (Å²) in [5, 5.41) is 0. The largest absolute Gasteiger partial charge is 0.339 e. The van der Waals surface area contributed by atoms with Crippen molar-refractivity contribution in [2.24, 2.45) is 0 Å². The zero-order valence-corrected chi connectivity index (χ0v) is 16.9. The Hall–Kier alpha value is -1.58. The number of carbonyl (C=O) groups excluding carboxylic acids is 1. The van der Waals surface area contributed by atoms with Gasteiger partial charge in [0.2, 0.25) is 15.9 Å². The molecule has 2 aliphatic heterocycles. The van der Waals surface area contributed by atoms with Gasteiger partial charge in [-0.05, 0) is 37.8 Å². The quantitative estimate of drug-likeness (QED) is 0.739. The molecule has 1 amide bonds. The second kappa shape index (κ2) is 8.84. The normalized spacial score (nSPS) is 22.4. The molecule has 2 aliphatic rings. The molecule has 0 aromatic heterocycles. The Bertz CT molecular complexity index is 811. The van der Waals surface area contributed by atoms with Gasteiger partial charge < -0.3 is 4.90 Å². The van der Waals surface area contributed by atoms with Crippen molar-refractivity contribution in [2.45, 2.75) is 43.5 Å². The fourth-order valence-corrected chi connectivity index (χ4v) is 5.45. The zero-order valence-electron chi connectivity index (χ0n) is 16.1. The smallest absolute Gasteiger partial charge is 0.246 e. The molecule has 0 unspecified atom stereocenters. The van der Waals surface area contributed by atoms with E-state index in [1.54, 1.807) is 0 Å². The van der Waals surface area contributed by atoms with Crippen LogP contribution in [0.3, 0.4) is 0 Å². The van der Waals surface area contributed by atoms with E-state index in [9.17, 15) is 22.0 Å². The van der Waals surface area contributed by atoms with Crippen molar-refractivity contribution in [3.8, 4) is 0 Å². The summed E-state index contributed by atoms with van der Waals surface area (Å²) < 4.78 is 53.5. The molecular weight excluding hydrogens is 388 g/mol. The van der Waals surface area contributed by atoms with Crippen LogP contribution in [0.15, 0.2) is 23.1 Å². The molecule has 2 fully saturated rings. The number of sulfonamides is 1. The average Bonchev–Trinajstić information content (AvgIpc) is 2.68. The number of piperidine rings is 1. The van der Waals surface area contributed by atoms with Gasteiger partial charge in [0.25, 0.3) is 0 Å². The topological polar surface area (TPSA) is 60.9 Å². The van der Waals surface area contributed by atoms with Gasteiger partial charge in [-0.3, -0.25) is 9.69 Å². The number of hydrogen-bond acceptors (Lipinski definition) is 4. The third kappa shape index (κ3) is 4.52. The maximum absolute atomic E-state index is 13.9. The lowest BCUT2D eigenvalue weighted by Crippen LogP contribution is -2.53. The van der Waals surface area contributed by atoms with Gasteiger partial charge in [-0.2, -0.15) is 4.31 Å². The van der Waals surface area contributed by atoms with Crippen LogP contribution in [0.1, 0.15) is 32.6 Å². The highest BCUT2D eigenvalue weighted by Gasteiger charge is 2.32. The van der Waals surface area contributed by atoms with Crippen molar-refractivity contribution in [3.63, 3.8) is 0 Å². The van der Waals surface area contributed by atoms with Gasteiger partial charge in [0.1, 0.15) is 16.5 Å². The molecule has 3 rings (SSSR count). The molecule has 28 heavy (non-hydrogen) atoms. The van der Waals surface area contributed by atoms with Crippen LogP contribution in [0.5, 0.6) is 0 Å².